The fourth-order valence-corrected chi connectivity index (χ4v) is 2.87. The number of amides is 1. The van der Waals surface area contributed by atoms with Crippen molar-refractivity contribution < 1.29 is 4.79 Å². The Labute approximate surface area is 104 Å². The molecule has 1 fully saturated rings. The van der Waals surface area contributed by atoms with Crippen LogP contribution in [0.2, 0.25) is 0 Å². The van der Waals surface area contributed by atoms with Crippen molar-refractivity contribution in [1.29, 1.82) is 0 Å². The lowest BCUT2D eigenvalue weighted by atomic mass is 9.81. The molecule has 0 aromatic heterocycles. The van der Waals surface area contributed by atoms with Gasteiger partial charge in [0.05, 0.1) is 0 Å². The van der Waals surface area contributed by atoms with Crippen LogP contribution in [0.15, 0.2) is 0 Å². The Morgan fingerprint density at radius 1 is 1.56 bits per heavy atom. The van der Waals surface area contributed by atoms with Gasteiger partial charge < -0.3 is 5.32 Å². The molecule has 16 heavy (non-hydrogen) atoms. The van der Waals surface area contributed by atoms with E-state index in [1.807, 2.05) is 0 Å². The molecule has 2 atom stereocenters. The van der Waals surface area contributed by atoms with Gasteiger partial charge in [0.2, 0.25) is 5.91 Å². The Kier molecular flexibility index (Phi) is 5.10. The molecule has 1 saturated carbocycles. The standard InChI is InChI=1S/C13H24ClNO/c1-10(6-8-14)9-15-12(16)11-5-4-7-13(11,2)3/h10-11H,4-9H2,1-3H3,(H,15,16). The number of carbonyl (C=O) groups excluding carboxylic acids is 1. The third kappa shape index (κ3) is 3.65. The lowest BCUT2D eigenvalue weighted by Crippen LogP contribution is -2.38. The molecular weight excluding hydrogens is 222 g/mol. The van der Waals surface area contributed by atoms with Gasteiger partial charge in [-0.05, 0) is 30.6 Å². The van der Waals surface area contributed by atoms with E-state index >= 15 is 0 Å². The highest BCUT2D eigenvalue weighted by molar-refractivity contribution is 6.17. The van der Waals surface area contributed by atoms with Crippen LogP contribution < -0.4 is 5.32 Å². The summed E-state index contributed by atoms with van der Waals surface area (Å²) in [5.41, 5.74) is 0.180. The van der Waals surface area contributed by atoms with Crippen LogP contribution in [0.3, 0.4) is 0 Å². The molecule has 94 valence electrons. The van der Waals surface area contributed by atoms with Crippen LogP contribution in [0, 0.1) is 17.3 Å². The van der Waals surface area contributed by atoms with Gasteiger partial charge in [0, 0.05) is 18.3 Å². The Morgan fingerprint density at radius 2 is 2.25 bits per heavy atom. The van der Waals surface area contributed by atoms with Crippen LogP contribution in [0.25, 0.3) is 0 Å². The van der Waals surface area contributed by atoms with Crippen molar-refractivity contribution in [3.63, 3.8) is 0 Å². The minimum absolute atomic E-state index is 0.180. The Balaban J connectivity index is 2.35. The Bertz CT molecular complexity index is 240. The van der Waals surface area contributed by atoms with Gasteiger partial charge in [0.15, 0.2) is 0 Å². The number of rotatable bonds is 5. The summed E-state index contributed by atoms with van der Waals surface area (Å²) in [4.78, 5) is 12.0. The molecule has 0 aromatic carbocycles. The zero-order chi connectivity index (χ0) is 12.2. The second kappa shape index (κ2) is 5.90. The van der Waals surface area contributed by atoms with Crippen LogP contribution in [0.5, 0.6) is 0 Å². The van der Waals surface area contributed by atoms with Gasteiger partial charge in [0.25, 0.3) is 0 Å². The zero-order valence-electron chi connectivity index (χ0n) is 10.7. The molecule has 0 radical (unpaired) electrons. The lowest BCUT2D eigenvalue weighted by Gasteiger charge is -2.26. The van der Waals surface area contributed by atoms with Crippen LogP contribution >= 0.6 is 11.6 Å². The van der Waals surface area contributed by atoms with E-state index in [0.29, 0.717) is 11.8 Å². The van der Waals surface area contributed by atoms with Crippen molar-refractivity contribution >= 4 is 17.5 Å². The number of alkyl halides is 1. The molecule has 1 N–H and O–H groups in total. The topological polar surface area (TPSA) is 29.1 Å². The molecule has 0 bridgehead atoms. The maximum absolute atomic E-state index is 12.0. The second-order valence-electron chi connectivity index (χ2n) is 5.76. The van der Waals surface area contributed by atoms with E-state index in [2.05, 4.69) is 26.1 Å². The maximum atomic E-state index is 12.0. The molecule has 0 spiro atoms. The highest BCUT2D eigenvalue weighted by Gasteiger charge is 2.39. The molecular formula is C13H24ClNO. The van der Waals surface area contributed by atoms with Crippen molar-refractivity contribution in [3.05, 3.63) is 0 Å². The molecule has 0 aliphatic heterocycles. The summed E-state index contributed by atoms with van der Waals surface area (Å²) in [6.07, 6.45) is 4.36. The maximum Gasteiger partial charge on any atom is 0.223 e. The van der Waals surface area contributed by atoms with Crippen LogP contribution in [0.4, 0.5) is 0 Å². The average molecular weight is 246 g/mol. The fraction of sp³-hybridized carbons (Fsp3) is 0.923. The molecule has 1 aliphatic carbocycles. The number of hydrogen-bond acceptors (Lipinski definition) is 1. The molecule has 0 heterocycles. The van der Waals surface area contributed by atoms with E-state index in [1.165, 1.54) is 12.8 Å². The largest absolute Gasteiger partial charge is 0.356 e. The molecule has 3 heteroatoms. The Morgan fingerprint density at radius 3 is 2.75 bits per heavy atom. The summed E-state index contributed by atoms with van der Waals surface area (Å²) in [6, 6.07) is 0. The monoisotopic (exact) mass is 245 g/mol. The molecule has 2 nitrogen and oxygen atoms in total. The van der Waals surface area contributed by atoms with Crippen LogP contribution in [-0.4, -0.2) is 18.3 Å². The van der Waals surface area contributed by atoms with Gasteiger partial charge in [-0.25, -0.2) is 0 Å². The van der Waals surface area contributed by atoms with Gasteiger partial charge in [-0.2, -0.15) is 0 Å². The second-order valence-corrected chi connectivity index (χ2v) is 6.14. The summed E-state index contributed by atoms with van der Waals surface area (Å²) in [5, 5.41) is 3.07. The average Bonchev–Trinajstić information content (AvgIpc) is 2.55. The van der Waals surface area contributed by atoms with E-state index in [0.717, 1.165) is 19.4 Å². The summed E-state index contributed by atoms with van der Waals surface area (Å²) in [5.74, 6) is 1.59. The first-order valence-corrected chi connectivity index (χ1v) is 6.84. The quantitative estimate of drug-likeness (QED) is 0.741. The molecule has 0 aromatic rings. The normalized spacial score (nSPS) is 25.4. The lowest BCUT2D eigenvalue weighted by molar-refractivity contribution is -0.127. The van der Waals surface area contributed by atoms with Crippen LogP contribution in [0.1, 0.15) is 46.5 Å². The molecule has 0 saturated heterocycles. The molecule has 1 amide bonds. The number of hydrogen-bond donors (Lipinski definition) is 1. The summed E-state index contributed by atoms with van der Waals surface area (Å²) < 4.78 is 0. The van der Waals surface area contributed by atoms with E-state index in [9.17, 15) is 4.79 Å². The van der Waals surface area contributed by atoms with Gasteiger partial charge >= 0.3 is 0 Å². The van der Waals surface area contributed by atoms with Crippen molar-refractivity contribution in [2.75, 3.05) is 12.4 Å². The third-order valence-corrected chi connectivity index (χ3v) is 4.02. The summed E-state index contributed by atoms with van der Waals surface area (Å²) >= 11 is 5.67. The summed E-state index contributed by atoms with van der Waals surface area (Å²) in [6.45, 7) is 7.29. The molecule has 1 aliphatic rings. The number of carbonyl (C=O) groups is 1. The van der Waals surface area contributed by atoms with Crippen molar-refractivity contribution in [2.45, 2.75) is 46.5 Å². The van der Waals surface area contributed by atoms with Gasteiger partial charge in [-0.3, -0.25) is 4.79 Å². The first kappa shape index (κ1) is 13.8. The van der Waals surface area contributed by atoms with E-state index in [1.54, 1.807) is 0 Å². The minimum Gasteiger partial charge on any atom is -0.356 e. The highest BCUT2D eigenvalue weighted by atomic mass is 35.5. The van der Waals surface area contributed by atoms with Crippen molar-refractivity contribution in [3.8, 4) is 0 Å². The van der Waals surface area contributed by atoms with E-state index in [4.69, 9.17) is 11.6 Å². The zero-order valence-corrected chi connectivity index (χ0v) is 11.4. The molecule has 2 unspecified atom stereocenters. The molecule has 1 rings (SSSR count). The first-order valence-electron chi connectivity index (χ1n) is 6.31. The van der Waals surface area contributed by atoms with Gasteiger partial charge in [-0.15, -0.1) is 11.6 Å². The number of halogens is 1. The third-order valence-electron chi connectivity index (χ3n) is 3.80. The number of nitrogens with one attached hydrogen (secondary N) is 1. The van der Waals surface area contributed by atoms with Gasteiger partial charge in [0.1, 0.15) is 0 Å². The van der Waals surface area contributed by atoms with E-state index in [-0.39, 0.29) is 17.2 Å². The van der Waals surface area contributed by atoms with E-state index < -0.39 is 0 Å². The van der Waals surface area contributed by atoms with Crippen LogP contribution in [-0.2, 0) is 4.79 Å². The van der Waals surface area contributed by atoms with Crippen molar-refractivity contribution in [2.24, 2.45) is 17.3 Å². The predicted molar refractivity (Wildman–Crippen MR) is 68.6 cm³/mol. The first-order chi connectivity index (χ1) is 7.47. The predicted octanol–water partition coefficient (Wildman–Crippen LogP) is 3.19. The van der Waals surface area contributed by atoms with Gasteiger partial charge in [-0.1, -0.05) is 27.2 Å². The minimum atomic E-state index is 0.180. The highest BCUT2D eigenvalue weighted by Crippen LogP contribution is 2.42. The SMILES string of the molecule is CC(CCCl)CNC(=O)C1CCCC1(C)C. The summed E-state index contributed by atoms with van der Waals surface area (Å²) in [7, 11) is 0. The fourth-order valence-electron chi connectivity index (χ4n) is 2.50. The Hall–Kier alpha value is -0.240. The van der Waals surface area contributed by atoms with Crippen molar-refractivity contribution in [1.82, 2.24) is 5.32 Å². The smallest absolute Gasteiger partial charge is 0.223 e.